The number of hydrogen-bond donors (Lipinski definition) is 1. The van der Waals surface area contributed by atoms with Crippen LogP contribution in [0.2, 0.25) is 0 Å². The van der Waals surface area contributed by atoms with Gasteiger partial charge in [-0.2, -0.15) is 0 Å². The van der Waals surface area contributed by atoms with E-state index in [9.17, 15) is 4.79 Å². The molecule has 0 radical (unpaired) electrons. The predicted molar refractivity (Wildman–Crippen MR) is 79.8 cm³/mol. The number of nitrogens with one attached hydrogen (secondary N) is 1. The molecular formula is C15H30N2O3. The number of nitrogens with zero attached hydrogens (tertiary/aromatic N) is 1. The van der Waals surface area contributed by atoms with Crippen molar-refractivity contribution in [3.05, 3.63) is 0 Å². The molecule has 5 heteroatoms. The van der Waals surface area contributed by atoms with Gasteiger partial charge >= 0.3 is 5.97 Å². The van der Waals surface area contributed by atoms with E-state index < -0.39 is 5.54 Å². The molecule has 0 aromatic carbocycles. The lowest BCUT2D eigenvalue weighted by Crippen LogP contribution is -2.50. The Labute approximate surface area is 123 Å². The smallest absolute Gasteiger partial charge is 0.326 e. The summed E-state index contributed by atoms with van der Waals surface area (Å²) < 4.78 is 10.5. The molecule has 1 fully saturated rings. The van der Waals surface area contributed by atoms with Crippen LogP contribution in [-0.4, -0.2) is 62.4 Å². The van der Waals surface area contributed by atoms with Crippen molar-refractivity contribution in [3.8, 4) is 0 Å². The average Bonchev–Trinajstić information content (AvgIpc) is 2.45. The Balaban J connectivity index is 2.28. The maximum atomic E-state index is 12.0. The van der Waals surface area contributed by atoms with Crippen LogP contribution in [0.25, 0.3) is 0 Å². The van der Waals surface area contributed by atoms with Gasteiger partial charge in [0.15, 0.2) is 0 Å². The zero-order chi connectivity index (χ0) is 14.8. The van der Waals surface area contributed by atoms with Crippen LogP contribution >= 0.6 is 0 Å². The van der Waals surface area contributed by atoms with Crippen molar-refractivity contribution in [1.82, 2.24) is 10.2 Å². The maximum absolute atomic E-state index is 12.0. The molecule has 5 nitrogen and oxygen atoms in total. The Morgan fingerprint density at radius 3 is 2.60 bits per heavy atom. The Kier molecular flexibility index (Phi) is 8.11. The first-order valence-electron chi connectivity index (χ1n) is 7.84. The van der Waals surface area contributed by atoms with E-state index in [-0.39, 0.29) is 5.97 Å². The summed E-state index contributed by atoms with van der Waals surface area (Å²) in [6, 6.07) is 0. The lowest BCUT2D eigenvalue weighted by Gasteiger charge is -2.29. The van der Waals surface area contributed by atoms with Gasteiger partial charge in [-0.05, 0) is 46.2 Å². The highest BCUT2D eigenvalue weighted by molar-refractivity contribution is 5.80. The maximum Gasteiger partial charge on any atom is 0.326 e. The second-order valence-electron chi connectivity index (χ2n) is 5.49. The molecule has 1 atom stereocenters. The molecule has 1 aliphatic heterocycles. The van der Waals surface area contributed by atoms with Gasteiger partial charge in [-0.3, -0.25) is 9.69 Å². The number of unbranched alkanes of at least 4 members (excludes halogenated alkanes) is 1. The molecule has 0 amide bonds. The molecule has 0 spiro atoms. The van der Waals surface area contributed by atoms with Gasteiger partial charge in [-0.15, -0.1) is 0 Å². The van der Waals surface area contributed by atoms with Crippen LogP contribution in [0.5, 0.6) is 0 Å². The third-order valence-electron chi connectivity index (χ3n) is 3.80. The van der Waals surface area contributed by atoms with Gasteiger partial charge in [0.1, 0.15) is 5.54 Å². The van der Waals surface area contributed by atoms with Crippen LogP contribution in [0.4, 0.5) is 0 Å². The highest BCUT2D eigenvalue weighted by atomic mass is 16.5. The van der Waals surface area contributed by atoms with Crippen LogP contribution in [0.1, 0.15) is 40.0 Å². The fourth-order valence-electron chi connectivity index (χ4n) is 2.58. The topological polar surface area (TPSA) is 50.8 Å². The van der Waals surface area contributed by atoms with Crippen molar-refractivity contribution < 1.29 is 14.3 Å². The van der Waals surface area contributed by atoms with Gasteiger partial charge in [-0.25, -0.2) is 0 Å². The Bertz CT molecular complexity index is 280. The summed E-state index contributed by atoms with van der Waals surface area (Å²) in [5.74, 6) is -0.131. The first-order valence-corrected chi connectivity index (χ1v) is 7.84. The van der Waals surface area contributed by atoms with Gasteiger partial charge < -0.3 is 14.8 Å². The van der Waals surface area contributed by atoms with E-state index in [0.29, 0.717) is 6.61 Å². The summed E-state index contributed by atoms with van der Waals surface area (Å²) in [5.41, 5.74) is -0.546. The van der Waals surface area contributed by atoms with Gasteiger partial charge in [0.2, 0.25) is 0 Å². The second kappa shape index (κ2) is 9.32. The van der Waals surface area contributed by atoms with Crippen LogP contribution in [0.15, 0.2) is 0 Å². The summed E-state index contributed by atoms with van der Waals surface area (Å²) >= 11 is 0. The minimum absolute atomic E-state index is 0.131. The lowest BCUT2D eigenvalue weighted by molar-refractivity contribution is -0.150. The number of carbonyl (C=O) groups is 1. The highest BCUT2D eigenvalue weighted by Crippen LogP contribution is 2.16. The highest BCUT2D eigenvalue weighted by Gasteiger charge is 2.33. The molecule has 1 unspecified atom stereocenters. The van der Waals surface area contributed by atoms with Crippen molar-refractivity contribution in [3.63, 3.8) is 0 Å². The molecule has 0 aromatic heterocycles. The quantitative estimate of drug-likeness (QED) is 0.513. The van der Waals surface area contributed by atoms with Crippen molar-refractivity contribution in [2.24, 2.45) is 0 Å². The minimum atomic E-state index is -0.546. The number of likely N-dealkylation sites (N-methyl/N-ethyl adjacent to an activating group) is 1. The largest absolute Gasteiger partial charge is 0.465 e. The standard InChI is InChI=1S/C15H30N2O3/c1-4-16-15(3,14(18)20-5-2)8-6-7-9-17-10-12-19-13-11-17/h16H,4-13H2,1-3H3. The Morgan fingerprint density at radius 1 is 1.30 bits per heavy atom. The Morgan fingerprint density at radius 2 is 2.00 bits per heavy atom. The predicted octanol–water partition coefficient (Wildman–Crippen LogP) is 1.42. The first kappa shape index (κ1) is 17.4. The fourth-order valence-corrected chi connectivity index (χ4v) is 2.58. The van der Waals surface area contributed by atoms with Gasteiger partial charge in [-0.1, -0.05) is 6.92 Å². The molecule has 0 bridgehead atoms. The summed E-state index contributed by atoms with van der Waals surface area (Å²) in [5, 5.41) is 3.27. The molecule has 1 rings (SSSR count). The van der Waals surface area contributed by atoms with Gasteiger partial charge in [0.25, 0.3) is 0 Å². The monoisotopic (exact) mass is 286 g/mol. The molecule has 1 saturated heterocycles. The van der Waals surface area contributed by atoms with Crippen LogP contribution < -0.4 is 5.32 Å². The van der Waals surface area contributed by atoms with Crippen molar-refractivity contribution in [1.29, 1.82) is 0 Å². The van der Waals surface area contributed by atoms with E-state index in [4.69, 9.17) is 9.47 Å². The lowest BCUT2D eigenvalue weighted by atomic mass is 9.94. The van der Waals surface area contributed by atoms with E-state index in [1.54, 1.807) is 0 Å². The number of hydrogen-bond acceptors (Lipinski definition) is 5. The summed E-state index contributed by atoms with van der Waals surface area (Å²) in [6.45, 7) is 11.9. The van der Waals surface area contributed by atoms with E-state index in [2.05, 4.69) is 10.2 Å². The van der Waals surface area contributed by atoms with E-state index in [1.165, 1.54) is 0 Å². The Hall–Kier alpha value is -0.650. The molecule has 0 saturated carbocycles. The van der Waals surface area contributed by atoms with Crippen LogP contribution in [0.3, 0.4) is 0 Å². The molecule has 0 aromatic rings. The summed E-state index contributed by atoms with van der Waals surface area (Å²) in [4.78, 5) is 14.5. The van der Waals surface area contributed by atoms with Crippen molar-refractivity contribution >= 4 is 5.97 Å². The minimum Gasteiger partial charge on any atom is -0.465 e. The molecule has 20 heavy (non-hydrogen) atoms. The molecule has 1 N–H and O–H groups in total. The van der Waals surface area contributed by atoms with Crippen molar-refractivity contribution in [2.45, 2.75) is 45.6 Å². The normalized spacial score (nSPS) is 19.6. The third-order valence-corrected chi connectivity index (χ3v) is 3.80. The SMILES string of the molecule is CCNC(C)(CCCCN1CCOCC1)C(=O)OCC. The zero-order valence-electron chi connectivity index (χ0n) is 13.2. The molecular weight excluding hydrogens is 256 g/mol. The van der Waals surface area contributed by atoms with Gasteiger partial charge in [0, 0.05) is 13.1 Å². The zero-order valence-corrected chi connectivity index (χ0v) is 13.2. The second-order valence-corrected chi connectivity index (χ2v) is 5.49. The summed E-state index contributed by atoms with van der Waals surface area (Å²) in [6.07, 6.45) is 2.96. The molecule has 1 aliphatic rings. The number of carbonyl (C=O) groups excluding carboxylic acids is 1. The fraction of sp³-hybridized carbons (Fsp3) is 0.933. The number of ether oxygens (including phenoxy) is 2. The van der Waals surface area contributed by atoms with Crippen LogP contribution in [-0.2, 0) is 14.3 Å². The number of esters is 1. The van der Waals surface area contributed by atoms with Crippen LogP contribution in [0, 0.1) is 0 Å². The van der Waals surface area contributed by atoms with Gasteiger partial charge in [0.05, 0.1) is 19.8 Å². The first-order chi connectivity index (χ1) is 9.62. The van der Waals surface area contributed by atoms with Crippen molar-refractivity contribution in [2.75, 3.05) is 46.0 Å². The average molecular weight is 286 g/mol. The molecule has 1 heterocycles. The third kappa shape index (κ3) is 5.77. The molecule has 118 valence electrons. The van der Waals surface area contributed by atoms with E-state index >= 15 is 0 Å². The number of rotatable bonds is 9. The summed E-state index contributed by atoms with van der Waals surface area (Å²) in [7, 11) is 0. The van der Waals surface area contributed by atoms with E-state index in [0.717, 1.165) is 58.7 Å². The van der Waals surface area contributed by atoms with E-state index in [1.807, 2.05) is 20.8 Å². The molecule has 0 aliphatic carbocycles. The number of morpholine rings is 1.